The minimum absolute atomic E-state index is 0.00649. The van der Waals surface area contributed by atoms with Gasteiger partial charge >= 0.3 is 0 Å². The number of rotatable bonds is 4. The average Bonchev–Trinajstić information content (AvgIpc) is 2.82. The molecule has 0 aromatic heterocycles. The van der Waals surface area contributed by atoms with Gasteiger partial charge in [-0.3, -0.25) is 24.1 Å². The van der Waals surface area contributed by atoms with Crippen LogP contribution in [0.4, 0.5) is 0 Å². The van der Waals surface area contributed by atoms with Gasteiger partial charge in [0.25, 0.3) is 11.8 Å². The Morgan fingerprint density at radius 3 is 2.12 bits per heavy atom. The fourth-order valence-corrected chi connectivity index (χ4v) is 3.47. The Balaban J connectivity index is 1.49. The van der Waals surface area contributed by atoms with Gasteiger partial charge in [0.05, 0.1) is 11.1 Å². The van der Waals surface area contributed by atoms with E-state index in [9.17, 15) is 19.2 Å². The fraction of sp³-hybridized carbons (Fsp3) is 0.474. The molecule has 2 aliphatic rings. The Hall–Kier alpha value is -2.70. The quantitative estimate of drug-likeness (QED) is 0.757. The van der Waals surface area contributed by atoms with Gasteiger partial charge in [0.1, 0.15) is 0 Å². The number of carbonyl (C=O) groups is 4. The lowest BCUT2D eigenvalue weighted by Crippen LogP contribution is -2.37. The predicted molar refractivity (Wildman–Crippen MR) is 94.5 cm³/mol. The Labute approximate surface area is 152 Å². The normalized spacial score (nSPS) is 17.3. The van der Waals surface area contributed by atoms with E-state index in [1.807, 2.05) is 0 Å². The molecule has 1 saturated heterocycles. The van der Waals surface area contributed by atoms with Crippen molar-refractivity contribution in [3.63, 3.8) is 0 Å². The molecule has 0 saturated carbocycles. The van der Waals surface area contributed by atoms with Gasteiger partial charge in [-0.05, 0) is 25.0 Å². The molecule has 0 unspecified atom stereocenters. The molecule has 0 spiro atoms. The van der Waals surface area contributed by atoms with Crippen LogP contribution >= 0.6 is 0 Å². The molecule has 7 nitrogen and oxygen atoms in total. The molecule has 1 aromatic rings. The second kappa shape index (κ2) is 7.68. The Morgan fingerprint density at radius 1 is 0.923 bits per heavy atom. The van der Waals surface area contributed by atoms with E-state index in [-0.39, 0.29) is 36.6 Å². The lowest BCUT2D eigenvalue weighted by Gasteiger charge is -2.22. The van der Waals surface area contributed by atoms with E-state index >= 15 is 0 Å². The van der Waals surface area contributed by atoms with Crippen molar-refractivity contribution in [1.29, 1.82) is 0 Å². The topological polar surface area (TPSA) is 78.0 Å². The van der Waals surface area contributed by atoms with E-state index in [0.29, 0.717) is 43.7 Å². The van der Waals surface area contributed by atoms with Crippen molar-refractivity contribution in [2.45, 2.75) is 26.2 Å². The van der Waals surface area contributed by atoms with E-state index in [1.165, 1.54) is 4.90 Å². The maximum atomic E-state index is 12.4. The maximum absolute atomic E-state index is 12.4. The third-order valence-corrected chi connectivity index (χ3v) is 4.94. The largest absolute Gasteiger partial charge is 0.341 e. The molecular weight excluding hydrogens is 334 g/mol. The van der Waals surface area contributed by atoms with Gasteiger partial charge < -0.3 is 9.80 Å². The van der Waals surface area contributed by atoms with Crippen molar-refractivity contribution in [2.24, 2.45) is 0 Å². The summed E-state index contributed by atoms with van der Waals surface area (Å²) in [6.45, 7) is 4.18. The highest BCUT2D eigenvalue weighted by atomic mass is 16.2. The van der Waals surface area contributed by atoms with Crippen LogP contribution in [0.3, 0.4) is 0 Å². The Kier molecular flexibility index (Phi) is 5.35. The molecule has 0 atom stereocenters. The van der Waals surface area contributed by atoms with Gasteiger partial charge in [0.2, 0.25) is 11.8 Å². The summed E-state index contributed by atoms with van der Waals surface area (Å²) >= 11 is 0. The van der Waals surface area contributed by atoms with Gasteiger partial charge in [0, 0.05) is 46.1 Å². The van der Waals surface area contributed by atoms with Crippen molar-refractivity contribution in [1.82, 2.24) is 14.7 Å². The Morgan fingerprint density at radius 2 is 1.50 bits per heavy atom. The van der Waals surface area contributed by atoms with Crippen LogP contribution < -0.4 is 0 Å². The number of fused-ring (bicyclic) bond motifs is 1. The first kappa shape index (κ1) is 18.1. The molecule has 0 N–H and O–H groups in total. The van der Waals surface area contributed by atoms with Gasteiger partial charge in [0.15, 0.2) is 0 Å². The molecule has 26 heavy (non-hydrogen) atoms. The predicted octanol–water partition coefficient (Wildman–Crippen LogP) is 1.14. The van der Waals surface area contributed by atoms with Gasteiger partial charge in [-0.2, -0.15) is 0 Å². The second-order valence-electron chi connectivity index (χ2n) is 6.65. The standard InChI is InChI=1S/C19H23N3O4/c1-14(23)20-9-5-10-21(13-12-20)17(24)8-4-11-22-18(25)15-6-2-3-7-16(15)19(22)26/h2-3,6-7H,4-5,8-13H2,1H3. The summed E-state index contributed by atoms with van der Waals surface area (Å²) in [5, 5.41) is 0. The van der Waals surface area contributed by atoms with Crippen LogP contribution in [0.25, 0.3) is 0 Å². The first-order valence-electron chi connectivity index (χ1n) is 8.97. The molecule has 1 aromatic carbocycles. The van der Waals surface area contributed by atoms with Crippen LogP contribution in [0.1, 0.15) is 46.9 Å². The Bertz CT molecular complexity index is 711. The molecule has 7 heteroatoms. The molecule has 2 heterocycles. The van der Waals surface area contributed by atoms with Crippen LogP contribution in [0, 0.1) is 0 Å². The molecule has 2 aliphatic heterocycles. The van der Waals surface area contributed by atoms with Crippen molar-refractivity contribution in [3.05, 3.63) is 35.4 Å². The van der Waals surface area contributed by atoms with E-state index in [4.69, 9.17) is 0 Å². The minimum atomic E-state index is -0.287. The molecule has 0 radical (unpaired) electrons. The fourth-order valence-electron chi connectivity index (χ4n) is 3.47. The highest BCUT2D eigenvalue weighted by Crippen LogP contribution is 2.22. The van der Waals surface area contributed by atoms with Crippen LogP contribution in [0.2, 0.25) is 0 Å². The van der Waals surface area contributed by atoms with Crippen LogP contribution in [0.5, 0.6) is 0 Å². The monoisotopic (exact) mass is 357 g/mol. The van der Waals surface area contributed by atoms with Crippen molar-refractivity contribution < 1.29 is 19.2 Å². The second-order valence-corrected chi connectivity index (χ2v) is 6.65. The number of nitrogens with zero attached hydrogens (tertiary/aromatic N) is 3. The van der Waals surface area contributed by atoms with Gasteiger partial charge in [-0.15, -0.1) is 0 Å². The van der Waals surface area contributed by atoms with E-state index in [2.05, 4.69) is 0 Å². The summed E-state index contributed by atoms with van der Waals surface area (Å²) in [5.74, 6) is -0.535. The summed E-state index contributed by atoms with van der Waals surface area (Å²) in [7, 11) is 0. The third-order valence-electron chi connectivity index (χ3n) is 4.94. The van der Waals surface area contributed by atoms with Crippen LogP contribution in [0.15, 0.2) is 24.3 Å². The van der Waals surface area contributed by atoms with Gasteiger partial charge in [-0.1, -0.05) is 12.1 Å². The first-order chi connectivity index (χ1) is 12.5. The van der Waals surface area contributed by atoms with E-state index < -0.39 is 0 Å². The smallest absolute Gasteiger partial charge is 0.261 e. The van der Waals surface area contributed by atoms with Gasteiger partial charge in [-0.25, -0.2) is 0 Å². The molecule has 0 aliphatic carbocycles. The van der Waals surface area contributed by atoms with Crippen LogP contribution in [-0.2, 0) is 9.59 Å². The summed E-state index contributed by atoms with van der Waals surface area (Å²) in [5.41, 5.74) is 0.862. The van der Waals surface area contributed by atoms with Crippen molar-refractivity contribution in [2.75, 3.05) is 32.7 Å². The molecule has 1 fully saturated rings. The van der Waals surface area contributed by atoms with Crippen molar-refractivity contribution in [3.8, 4) is 0 Å². The number of hydrogen-bond acceptors (Lipinski definition) is 4. The maximum Gasteiger partial charge on any atom is 0.261 e. The number of hydrogen-bond donors (Lipinski definition) is 0. The SMILES string of the molecule is CC(=O)N1CCCN(C(=O)CCCN2C(=O)c3ccccc3C2=O)CC1. The zero-order chi connectivity index (χ0) is 18.7. The van der Waals surface area contributed by atoms with Crippen molar-refractivity contribution >= 4 is 23.6 Å². The zero-order valence-corrected chi connectivity index (χ0v) is 14.9. The minimum Gasteiger partial charge on any atom is -0.341 e. The molecular formula is C19H23N3O4. The number of carbonyl (C=O) groups excluding carboxylic acids is 4. The highest BCUT2D eigenvalue weighted by molar-refractivity contribution is 6.21. The lowest BCUT2D eigenvalue weighted by atomic mass is 10.1. The first-order valence-corrected chi connectivity index (χ1v) is 8.97. The summed E-state index contributed by atoms with van der Waals surface area (Å²) in [6, 6.07) is 6.78. The molecule has 0 bridgehead atoms. The zero-order valence-electron chi connectivity index (χ0n) is 14.9. The number of imide groups is 1. The summed E-state index contributed by atoms with van der Waals surface area (Å²) in [4.78, 5) is 53.2. The number of amides is 4. The molecule has 4 amide bonds. The summed E-state index contributed by atoms with van der Waals surface area (Å²) < 4.78 is 0. The van der Waals surface area contributed by atoms with E-state index in [0.717, 1.165) is 6.42 Å². The van der Waals surface area contributed by atoms with E-state index in [1.54, 1.807) is 41.0 Å². The highest BCUT2D eigenvalue weighted by Gasteiger charge is 2.34. The molecule has 138 valence electrons. The lowest BCUT2D eigenvalue weighted by molar-refractivity contribution is -0.132. The average molecular weight is 357 g/mol. The number of benzene rings is 1. The summed E-state index contributed by atoms with van der Waals surface area (Å²) in [6.07, 6.45) is 1.49. The molecule has 3 rings (SSSR count). The van der Waals surface area contributed by atoms with Crippen LogP contribution in [-0.4, -0.2) is 71.1 Å². The third kappa shape index (κ3) is 3.61.